The van der Waals surface area contributed by atoms with Crippen LogP contribution in [0.3, 0.4) is 0 Å². The van der Waals surface area contributed by atoms with Crippen molar-refractivity contribution in [3.8, 4) is 0 Å². The van der Waals surface area contributed by atoms with Crippen LogP contribution in [-0.4, -0.2) is 0 Å². The molecule has 0 aromatic heterocycles. The van der Waals surface area contributed by atoms with E-state index in [-0.39, 0.29) is 5.88 Å². The molecular formula is C9H5Cl7. The molecule has 0 aliphatic carbocycles. The number of hydrogen-bond acceptors (Lipinski definition) is 0. The molecular weight excluding hydrogens is 356 g/mol. The molecule has 0 saturated heterocycles. The Kier molecular flexibility index (Phi) is 5.25. The molecule has 7 heteroatoms. The van der Waals surface area contributed by atoms with Gasteiger partial charge in [-0.25, -0.2) is 0 Å². The van der Waals surface area contributed by atoms with E-state index in [0.29, 0.717) is 16.7 Å². The summed E-state index contributed by atoms with van der Waals surface area (Å²) in [6.45, 7) is 0. The summed E-state index contributed by atoms with van der Waals surface area (Å²) >= 11 is 40.4. The van der Waals surface area contributed by atoms with Crippen molar-refractivity contribution in [1.29, 1.82) is 0 Å². The van der Waals surface area contributed by atoms with Crippen molar-refractivity contribution in [2.45, 2.75) is 13.5 Å². The van der Waals surface area contributed by atoms with Crippen molar-refractivity contribution in [2.75, 3.05) is 0 Å². The highest BCUT2D eigenvalue weighted by Crippen LogP contribution is 2.44. The highest BCUT2D eigenvalue weighted by Gasteiger charge is 2.30. The van der Waals surface area contributed by atoms with Crippen LogP contribution >= 0.6 is 81.2 Å². The molecule has 0 amide bonds. The minimum Gasteiger partial charge on any atom is -0.122 e. The summed E-state index contributed by atoms with van der Waals surface area (Å²) in [5, 5.41) is 0. The van der Waals surface area contributed by atoms with Gasteiger partial charge in [-0.2, -0.15) is 0 Å². The van der Waals surface area contributed by atoms with Gasteiger partial charge in [-0.05, 0) is 11.6 Å². The van der Waals surface area contributed by atoms with Gasteiger partial charge in [-0.1, -0.05) is 81.7 Å². The van der Waals surface area contributed by atoms with Crippen LogP contribution in [0.2, 0.25) is 0 Å². The third-order valence-corrected chi connectivity index (χ3v) is 3.44. The van der Waals surface area contributed by atoms with E-state index in [2.05, 4.69) is 0 Å². The van der Waals surface area contributed by atoms with Crippen molar-refractivity contribution in [2.24, 2.45) is 0 Å². The zero-order valence-electron chi connectivity index (χ0n) is 7.58. The molecule has 16 heavy (non-hydrogen) atoms. The molecule has 0 atom stereocenters. The van der Waals surface area contributed by atoms with Gasteiger partial charge in [-0.3, -0.25) is 0 Å². The first kappa shape index (κ1) is 15.3. The minimum absolute atomic E-state index is 0.212. The summed E-state index contributed by atoms with van der Waals surface area (Å²) in [7, 11) is 0. The van der Waals surface area contributed by atoms with Crippen LogP contribution in [-0.2, 0) is 13.5 Å². The van der Waals surface area contributed by atoms with Gasteiger partial charge in [0.25, 0.3) is 0 Å². The zero-order chi connectivity index (χ0) is 12.6. The van der Waals surface area contributed by atoms with Gasteiger partial charge in [0.15, 0.2) is 0 Å². The van der Waals surface area contributed by atoms with Crippen LogP contribution in [0.15, 0.2) is 18.2 Å². The van der Waals surface area contributed by atoms with Gasteiger partial charge in [0.2, 0.25) is 7.59 Å². The van der Waals surface area contributed by atoms with Gasteiger partial charge >= 0.3 is 0 Å². The quantitative estimate of drug-likeness (QED) is 0.532. The molecule has 0 fully saturated rings. The molecule has 0 bridgehead atoms. The Labute approximate surface area is 129 Å². The number of benzene rings is 1. The Morgan fingerprint density at radius 3 is 1.81 bits per heavy atom. The molecule has 1 aromatic carbocycles. The Bertz CT molecular complexity index is 374. The highest BCUT2D eigenvalue weighted by atomic mass is 35.6. The second-order valence-electron chi connectivity index (χ2n) is 3.00. The summed E-state index contributed by atoms with van der Waals surface area (Å²) in [6, 6.07) is 4.82. The summed E-state index contributed by atoms with van der Waals surface area (Å²) < 4.78 is -3.16. The second-order valence-corrected chi connectivity index (χ2v) is 7.83. The van der Waals surface area contributed by atoms with Gasteiger partial charge in [-0.15, -0.1) is 11.6 Å². The van der Waals surface area contributed by atoms with Gasteiger partial charge in [0.05, 0.1) is 0 Å². The van der Waals surface area contributed by atoms with Gasteiger partial charge in [0.1, 0.15) is 0 Å². The van der Waals surface area contributed by atoms with Crippen molar-refractivity contribution >= 4 is 81.2 Å². The van der Waals surface area contributed by atoms with E-state index in [9.17, 15) is 0 Å². The maximum absolute atomic E-state index is 5.81. The van der Waals surface area contributed by atoms with E-state index < -0.39 is 7.59 Å². The third kappa shape index (κ3) is 3.88. The normalized spacial score (nSPS) is 12.9. The standard InChI is InChI=1S/C9H5Cl7/c10-4-5-1-2-6(8(11,12)13)3-7(5)9(14,15)16/h1-3H,4H2. The smallest absolute Gasteiger partial charge is 0.122 e. The Morgan fingerprint density at radius 1 is 0.875 bits per heavy atom. The predicted molar refractivity (Wildman–Crippen MR) is 74.5 cm³/mol. The van der Waals surface area contributed by atoms with Crippen LogP contribution < -0.4 is 0 Å². The van der Waals surface area contributed by atoms with E-state index in [0.717, 1.165) is 0 Å². The molecule has 0 saturated carbocycles. The third-order valence-electron chi connectivity index (χ3n) is 1.89. The molecule has 0 unspecified atom stereocenters. The SMILES string of the molecule is ClCc1ccc(C(Cl)(Cl)Cl)cc1C(Cl)(Cl)Cl. The first-order chi connectivity index (χ1) is 7.16. The van der Waals surface area contributed by atoms with Crippen LogP contribution in [0, 0.1) is 0 Å². The predicted octanol–water partition coefficient (Wildman–Crippen LogP) is 6.08. The highest BCUT2D eigenvalue weighted by molar-refractivity contribution is 6.67. The molecule has 0 spiro atoms. The monoisotopic (exact) mass is 358 g/mol. The van der Waals surface area contributed by atoms with Gasteiger partial charge in [0, 0.05) is 17.0 Å². The molecule has 0 radical (unpaired) electrons. The van der Waals surface area contributed by atoms with Crippen LogP contribution in [0.25, 0.3) is 0 Å². The first-order valence-electron chi connectivity index (χ1n) is 3.99. The average Bonchev–Trinajstić information content (AvgIpc) is 2.14. The Morgan fingerprint density at radius 2 is 1.44 bits per heavy atom. The second kappa shape index (κ2) is 5.48. The molecule has 1 rings (SSSR count). The maximum Gasteiger partial charge on any atom is 0.216 e. The Hall–Kier alpha value is 1.25. The van der Waals surface area contributed by atoms with Crippen molar-refractivity contribution in [1.82, 2.24) is 0 Å². The van der Waals surface area contributed by atoms with E-state index >= 15 is 0 Å². The zero-order valence-corrected chi connectivity index (χ0v) is 12.9. The van der Waals surface area contributed by atoms with Gasteiger partial charge < -0.3 is 0 Å². The van der Waals surface area contributed by atoms with Crippen LogP contribution in [0.1, 0.15) is 16.7 Å². The minimum atomic E-state index is -1.60. The lowest BCUT2D eigenvalue weighted by Gasteiger charge is -2.19. The number of hydrogen-bond donors (Lipinski definition) is 0. The molecule has 90 valence electrons. The number of rotatable bonds is 1. The first-order valence-corrected chi connectivity index (χ1v) is 6.80. The largest absolute Gasteiger partial charge is 0.216 e. The van der Waals surface area contributed by atoms with E-state index in [1.807, 2.05) is 0 Å². The average molecular weight is 361 g/mol. The lowest BCUT2D eigenvalue weighted by Crippen LogP contribution is -2.08. The molecule has 0 N–H and O–H groups in total. The molecule has 0 heterocycles. The fourth-order valence-corrected chi connectivity index (χ4v) is 2.25. The summed E-state index contributed by atoms with van der Waals surface area (Å²) in [6.07, 6.45) is 0. The van der Waals surface area contributed by atoms with Crippen molar-refractivity contribution in [3.63, 3.8) is 0 Å². The van der Waals surface area contributed by atoms with Crippen molar-refractivity contribution < 1.29 is 0 Å². The van der Waals surface area contributed by atoms with Crippen LogP contribution in [0.4, 0.5) is 0 Å². The molecule has 0 aliphatic heterocycles. The number of halogens is 7. The van der Waals surface area contributed by atoms with Crippen LogP contribution in [0.5, 0.6) is 0 Å². The topological polar surface area (TPSA) is 0 Å². The lowest BCUT2D eigenvalue weighted by atomic mass is 10.1. The van der Waals surface area contributed by atoms with Crippen molar-refractivity contribution in [3.05, 3.63) is 34.9 Å². The maximum atomic E-state index is 5.81. The summed E-state index contributed by atoms with van der Waals surface area (Å²) in [5.74, 6) is 0.212. The molecule has 0 nitrogen and oxygen atoms in total. The lowest BCUT2D eigenvalue weighted by molar-refractivity contribution is 1.12. The summed E-state index contributed by atoms with van der Waals surface area (Å²) in [5.41, 5.74) is 1.52. The fraction of sp³-hybridized carbons (Fsp3) is 0.333. The fourth-order valence-electron chi connectivity index (χ4n) is 1.13. The van der Waals surface area contributed by atoms with E-state index in [1.54, 1.807) is 12.1 Å². The van der Waals surface area contributed by atoms with E-state index in [4.69, 9.17) is 81.2 Å². The molecule has 0 aliphatic rings. The summed E-state index contributed by atoms with van der Waals surface area (Å²) in [4.78, 5) is 0. The molecule has 1 aromatic rings. The van der Waals surface area contributed by atoms with E-state index in [1.165, 1.54) is 6.07 Å². The number of alkyl halides is 7. The Balaban J connectivity index is 3.34.